The van der Waals surface area contributed by atoms with Crippen LogP contribution in [0.25, 0.3) is 0 Å². The van der Waals surface area contributed by atoms with Crippen molar-refractivity contribution in [2.45, 2.75) is 13.5 Å². The first-order valence-corrected chi connectivity index (χ1v) is 9.86. The summed E-state index contributed by atoms with van der Waals surface area (Å²) in [6.07, 6.45) is 0. The second-order valence-electron chi connectivity index (χ2n) is 6.17. The summed E-state index contributed by atoms with van der Waals surface area (Å²) in [5.41, 5.74) is 3.46. The molecule has 0 aromatic heterocycles. The van der Waals surface area contributed by atoms with E-state index < -0.39 is 0 Å². The van der Waals surface area contributed by atoms with Crippen LogP contribution in [-0.2, 0) is 6.61 Å². The van der Waals surface area contributed by atoms with E-state index >= 15 is 0 Å². The molecule has 0 radical (unpaired) electrons. The molecule has 1 amide bonds. The van der Waals surface area contributed by atoms with Gasteiger partial charge in [0.1, 0.15) is 12.4 Å². The van der Waals surface area contributed by atoms with Crippen molar-refractivity contribution < 1.29 is 9.53 Å². The van der Waals surface area contributed by atoms with Crippen molar-refractivity contribution in [3.8, 4) is 5.75 Å². The molecule has 3 aromatic rings. The number of carbonyl (C=O) groups is 1. The summed E-state index contributed by atoms with van der Waals surface area (Å²) in [7, 11) is 0. The topological polar surface area (TPSA) is 50.4 Å². The van der Waals surface area contributed by atoms with E-state index in [1.165, 1.54) is 0 Å². The molecular formula is C22H19BrN2O2S. The third-order valence-corrected chi connectivity index (χ3v) is 4.73. The zero-order valence-corrected chi connectivity index (χ0v) is 17.6. The molecule has 4 nitrogen and oxygen atoms in total. The highest BCUT2D eigenvalue weighted by Gasteiger charge is 2.09. The van der Waals surface area contributed by atoms with Crippen LogP contribution in [0.1, 0.15) is 21.5 Å². The molecule has 0 aliphatic heterocycles. The maximum Gasteiger partial charge on any atom is 0.257 e. The van der Waals surface area contributed by atoms with Crippen LogP contribution in [0.3, 0.4) is 0 Å². The molecule has 2 N–H and O–H groups in total. The van der Waals surface area contributed by atoms with Crippen molar-refractivity contribution in [3.63, 3.8) is 0 Å². The van der Waals surface area contributed by atoms with Gasteiger partial charge in [0.05, 0.1) is 0 Å². The number of hydrogen-bond donors (Lipinski definition) is 2. The van der Waals surface area contributed by atoms with Crippen LogP contribution in [0.4, 0.5) is 5.69 Å². The van der Waals surface area contributed by atoms with Gasteiger partial charge in [-0.05, 0) is 72.7 Å². The van der Waals surface area contributed by atoms with Crippen LogP contribution in [0.5, 0.6) is 5.75 Å². The normalized spacial score (nSPS) is 10.2. The summed E-state index contributed by atoms with van der Waals surface area (Å²) in [6.45, 7) is 2.44. The number of halogens is 1. The number of amides is 1. The van der Waals surface area contributed by atoms with Gasteiger partial charge in [-0.3, -0.25) is 10.1 Å². The number of anilines is 1. The SMILES string of the molecule is Cc1cc(Br)ccc1NC(=S)NC(=O)c1ccc(OCc2ccccc2)cc1. The molecule has 0 spiro atoms. The van der Waals surface area contributed by atoms with Crippen molar-refractivity contribution in [1.29, 1.82) is 0 Å². The Morgan fingerprint density at radius 2 is 1.75 bits per heavy atom. The molecular weight excluding hydrogens is 436 g/mol. The first-order chi connectivity index (χ1) is 13.5. The summed E-state index contributed by atoms with van der Waals surface area (Å²) in [6, 6.07) is 22.7. The molecule has 6 heteroatoms. The first kappa shape index (κ1) is 20.0. The van der Waals surface area contributed by atoms with E-state index in [1.54, 1.807) is 24.3 Å². The second kappa shape index (κ2) is 9.48. The van der Waals surface area contributed by atoms with Crippen LogP contribution in [0, 0.1) is 6.92 Å². The van der Waals surface area contributed by atoms with Gasteiger partial charge in [-0.1, -0.05) is 46.3 Å². The highest BCUT2D eigenvalue weighted by atomic mass is 79.9. The second-order valence-corrected chi connectivity index (χ2v) is 7.49. The largest absolute Gasteiger partial charge is 0.489 e. The maximum atomic E-state index is 12.4. The fraction of sp³-hybridized carbons (Fsp3) is 0.0909. The highest BCUT2D eigenvalue weighted by Crippen LogP contribution is 2.20. The van der Waals surface area contributed by atoms with Gasteiger partial charge in [-0.2, -0.15) is 0 Å². The van der Waals surface area contributed by atoms with Gasteiger partial charge in [-0.15, -0.1) is 0 Å². The summed E-state index contributed by atoms with van der Waals surface area (Å²) in [4.78, 5) is 12.4. The first-order valence-electron chi connectivity index (χ1n) is 8.66. The predicted octanol–water partition coefficient (Wildman–Crippen LogP) is 5.46. The van der Waals surface area contributed by atoms with Gasteiger partial charge in [0.25, 0.3) is 5.91 Å². The lowest BCUT2D eigenvalue weighted by molar-refractivity contribution is 0.0977. The summed E-state index contributed by atoms with van der Waals surface area (Å²) >= 11 is 8.67. The number of nitrogens with one attached hydrogen (secondary N) is 2. The molecule has 3 rings (SSSR count). The van der Waals surface area contributed by atoms with Gasteiger partial charge < -0.3 is 10.1 Å². The van der Waals surface area contributed by atoms with E-state index in [0.717, 1.165) is 21.3 Å². The Morgan fingerprint density at radius 1 is 1.04 bits per heavy atom. The zero-order chi connectivity index (χ0) is 19.9. The van der Waals surface area contributed by atoms with E-state index in [9.17, 15) is 4.79 Å². The molecule has 0 atom stereocenters. The zero-order valence-electron chi connectivity index (χ0n) is 15.2. The van der Waals surface area contributed by atoms with Gasteiger partial charge in [0, 0.05) is 15.7 Å². The van der Waals surface area contributed by atoms with Crippen LogP contribution in [0.2, 0.25) is 0 Å². The highest BCUT2D eigenvalue weighted by molar-refractivity contribution is 9.10. The van der Waals surface area contributed by atoms with Gasteiger partial charge in [0.15, 0.2) is 5.11 Å². The molecule has 0 heterocycles. The molecule has 0 saturated carbocycles. The standard InChI is InChI=1S/C22H19BrN2O2S/c1-15-13-18(23)9-12-20(15)24-22(28)25-21(26)17-7-10-19(11-8-17)27-14-16-5-3-2-4-6-16/h2-13H,14H2,1H3,(H2,24,25,26,28). The fourth-order valence-electron chi connectivity index (χ4n) is 2.54. The van der Waals surface area contributed by atoms with Crippen molar-refractivity contribution in [1.82, 2.24) is 5.32 Å². The molecule has 3 aromatic carbocycles. The molecule has 0 aliphatic rings. The summed E-state index contributed by atoms with van der Waals surface area (Å²) in [5, 5.41) is 5.98. The fourth-order valence-corrected chi connectivity index (χ4v) is 3.22. The van der Waals surface area contributed by atoms with Gasteiger partial charge in [-0.25, -0.2) is 0 Å². The third kappa shape index (κ3) is 5.65. The molecule has 0 aliphatic carbocycles. The Kier molecular flexibility index (Phi) is 6.79. The van der Waals surface area contributed by atoms with Crippen LogP contribution < -0.4 is 15.4 Å². The molecule has 0 fully saturated rings. The number of carbonyl (C=O) groups excluding carboxylic acids is 1. The molecule has 0 bridgehead atoms. The Morgan fingerprint density at radius 3 is 2.43 bits per heavy atom. The van der Waals surface area contributed by atoms with Crippen molar-refractivity contribution in [3.05, 3.63) is 94.0 Å². The number of hydrogen-bond acceptors (Lipinski definition) is 3. The lowest BCUT2D eigenvalue weighted by Crippen LogP contribution is -2.34. The van der Waals surface area contributed by atoms with E-state index in [2.05, 4.69) is 26.6 Å². The predicted molar refractivity (Wildman–Crippen MR) is 120 cm³/mol. The van der Waals surface area contributed by atoms with Crippen LogP contribution in [0.15, 0.2) is 77.3 Å². The van der Waals surface area contributed by atoms with Gasteiger partial charge >= 0.3 is 0 Å². The third-order valence-electron chi connectivity index (χ3n) is 4.03. The Labute approximate surface area is 178 Å². The molecule has 28 heavy (non-hydrogen) atoms. The van der Waals surface area contributed by atoms with E-state index in [1.807, 2.05) is 55.5 Å². The Bertz CT molecular complexity index is 976. The summed E-state index contributed by atoms with van der Waals surface area (Å²) < 4.78 is 6.72. The lowest BCUT2D eigenvalue weighted by Gasteiger charge is -2.12. The minimum Gasteiger partial charge on any atom is -0.489 e. The minimum atomic E-state index is -0.276. The number of rotatable bonds is 5. The number of aryl methyl sites for hydroxylation is 1. The molecule has 0 saturated heterocycles. The van der Waals surface area contributed by atoms with E-state index in [4.69, 9.17) is 17.0 Å². The number of benzene rings is 3. The van der Waals surface area contributed by atoms with Crippen LogP contribution >= 0.6 is 28.1 Å². The minimum absolute atomic E-state index is 0.250. The van der Waals surface area contributed by atoms with E-state index in [0.29, 0.717) is 17.9 Å². The average molecular weight is 455 g/mol. The van der Waals surface area contributed by atoms with Crippen molar-refractivity contribution in [2.24, 2.45) is 0 Å². The Balaban J connectivity index is 1.54. The molecule has 142 valence electrons. The summed E-state index contributed by atoms with van der Waals surface area (Å²) in [5.74, 6) is 0.425. The van der Waals surface area contributed by atoms with Gasteiger partial charge in [0.2, 0.25) is 0 Å². The van der Waals surface area contributed by atoms with Crippen molar-refractivity contribution >= 4 is 44.9 Å². The Hall–Kier alpha value is -2.70. The van der Waals surface area contributed by atoms with Crippen LogP contribution in [-0.4, -0.2) is 11.0 Å². The maximum absolute atomic E-state index is 12.4. The van der Waals surface area contributed by atoms with E-state index in [-0.39, 0.29) is 11.0 Å². The monoisotopic (exact) mass is 454 g/mol. The quantitative estimate of drug-likeness (QED) is 0.502. The number of ether oxygens (including phenoxy) is 1. The smallest absolute Gasteiger partial charge is 0.257 e. The lowest BCUT2D eigenvalue weighted by atomic mass is 10.2. The molecule has 0 unspecified atom stereocenters. The van der Waals surface area contributed by atoms with Crippen molar-refractivity contribution in [2.75, 3.05) is 5.32 Å². The number of thiocarbonyl (C=S) groups is 1. The average Bonchev–Trinajstić information content (AvgIpc) is 2.69.